The Labute approximate surface area is 185 Å². The minimum Gasteiger partial charge on any atom is -0.495 e. The predicted molar refractivity (Wildman–Crippen MR) is 120 cm³/mol. The maximum absolute atomic E-state index is 12.8. The molecule has 2 amide bonds. The third kappa shape index (κ3) is 7.78. The van der Waals surface area contributed by atoms with E-state index in [2.05, 4.69) is 10.6 Å². The van der Waals surface area contributed by atoms with Crippen LogP contribution >= 0.6 is 11.8 Å². The van der Waals surface area contributed by atoms with Gasteiger partial charge in [0, 0.05) is 5.69 Å². The van der Waals surface area contributed by atoms with Crippen LogP contribution in [0.3, 0.4) is 0 Å². The molecule has 0 fully saturated rings. The fourth-order valence-corrected chi connectivity index (χ4v) is 3.81. The Hall–Kier alpha value is -2.76. The van der Waals surface area contributed by atoms with E-state index in [9.17, 15) is 18.0 Å². The molecule has 4 N–H and O–H groups in total. The van der Waals surface area contributed by atoms with Crippen molar-refractivity contribution < 1.29 is 27.5 Å². The van der Waals surface area contributed by atoms with Gasteiger partial charge in [-0.15, -0.1) is 0 Å². The van der Waals surface area contributed by atoms with Gasteiger partial charge in [0.15, 0.2) is 6.61 Å². The molecular formula is C20H25N3O6S2. The fraction of sp³-hybridized carbons (Fsp3) is 0.300. The number of carbonyl (C=O) groups is 2. The van der Waals surface area contributed by atoms with Gasteiger partial charge in [0.1, 0.15) is 22.4 Å². The van der Waals surface area contributed by atoms with Gasteiger partial charge in [-0.25, -0.2) is 13.6 Å². The lowest BCUT2D eigenvalue weighted by molar-refractivity contribution is -0.127. The van der Waals surface area contributed by atoms with E-state index >= 15 is 0 Å². The summed E-state index contributed by atoms with van der Waals surface area (Å²) >= 11 is 1.53. The number of hydrogen-bond donors (Lipinski definition) is 3. The second-order valence-corrected chi connectivity index (χ2v) is 8.92. The van der Waals surface area contributed by atoms with E-state index in [0.717, 1.165) is 0 Å². The number of primary sulfonamides is 1. The molecule has 0 aromatic heterocycles. The first-order valence-corrected chi connectivity index (χ1v) is 12.2. The Morgan fingerprint density at radius 1 is 1.16 bits per heavy atom. The van der Waals surface area contributed by atoms with E-state index in [4.69, 9.17) is 14.6 Å². The maximum Gasteiger partial charge on any atom is 0.258 e. The van der Waals surface area contributed by atoms with Crippen LogP contribution in [-0.4, -0.2) is 52.0 Å². The average molecular weight is 468 g/mol. The highest BCUT2D eigenvalue weighted by Crippen LogP contribution is 2.26. The van der Waals surface area contributed by atoms with Gasteiger partial charge in [-0.2, -0.15) is 11.8 Å². The molecule has 2 aromatic rings. The molecule has 0 radical (unpaired) electrons. The van der Waals surface area contributed by atoms with Gasteiger partial charge >= 0.3 is 0 Å². The molecule has 2 aromatic carbocycles. The smallest absolute Gasteiger partial charge is 0.258 e. The Kier molecular flexibility index (Phi) is 9.16. The molecule has 0 spiro atoms. The number of anilines is 1. The molecule has 0 heterocycles. The average Bonchev–Trinajstić information content (AvgIpc) is 2.75. The van der Waals surface area contributed by atoms with Gasteiger partial charge in [0.2, 0.25) is 15.9 Å². The molecule has 0 bridgehead atoms. The summed E-state index contributed by atoms with van der Waals surface area (Å²) in [5.74, 6) is 0.281. The Bertz CT molecular complexity index is 999. The van der Waals surface area contributed by atoms with Crippen LogP contribution in [0.4, 0.5) is 5.69 Å². The summed E-state index contributed by atoms with van der Waals surface area (Å²) in [5.41, 5.74) is 0.207. The van der Waals surface area contributed by atoms with Crippen molar-refractivity contribution in [3.8, 4) is 11.5 Å². The molecule has 0 aliphatic carbocycles. The second-order valence-electron chi connectivity index (χ2n) is 6.40. The highest BCUT2D eigenvalue weighted by molar-refractivity contribution is 7.98. The lowest BCUT2D eigenvalue weighted by Crippen LogP contribution is -2.45. The number of carbonyl (C=O) groups excluding carboxylic acids is 2. The number of rotatable bonds is 11. The van der Waals surface area contributed by atoms with Crippen LogP contribution in [0.1, 0.15) is 6.42 Å². The van der Waals surface area contributed by atoms with E-state index < -0.39 is 27.9 Å². The van der Waals surface area contributed by atoms with Crippen LogP contribution in [0.5, 0.6) is 11.5 Å². The van der Waals surface area contributed by atoms with Crippen molar-refractivity contribution in [2.45, 2.75) is 17.4 Å². The molecule has 0 aliphatic heterocycles. The summed E-state index contributed by atoms with van der Waals surface area (Å²) in [6.45, 7) is -0.245. The summed E-state index contributed by atoms with van der Waals surface area (Å²) in [6.07, 6.45) is 2.26. The normalized spacial score (nSPS) is 12.0. The zero-order valence-corrected chi connectivity index (χ0v) is 18.8. The molecule has 1 unspecified atom stereocenters. The van der Waals surface area contributed by atoms with Gasteiger partial charge in [0.05, 0.1) is 7.11 Å². The lowest BCUT2D eigenvalue weighted by atomic mass is 10.2. The van der Waals surface area contributed by atoms with Gasteiger partial charge in [0.25, 0.3) is 5.91 Å². The third-order valence-electron chi connectivity index (χ3n) is 4.11. The molecule has 2 rings (SSSR count). The van der Waals surface area contributed by atoms with Gasteiger partial charge in [-0.05, 0) is 48.8 Å². The molecule has 0 saturated carbocycles. The lowest BCUT2D eigenvalue weighted by Gasteiger charge is -2.19. The number of thioether (sulfide) groups is 1. The van der Waals surface area contributed by atoms with E-state index in [0.29, 0.717) is 17.9 Å². The van der Waals surface area contributed by atoms with Crippen LogP contribution in [0, 0.1) is 0 Å². The Morgan fingerprint density at radius 2 is 1.87 bits per heavy atom. The molecule has 0 aliphatic rings. The number of amides is 2. The number of nitrogens with two attached hydrogens (primary N) is 1. The zero-order valence-electron chi connectivity index (χ0n) is 17.2. The van der Waals surface area contributed by atoms with E-state index in [-0.39, 0.29) is 22.9 Å². The monoisotopic (exact) mass is 467 g/mol. The van der Waals surface area contributed by atoms with Gasteiger partial charge in [-0.3, -0.25) is 9.59 Å². The highest BCUT2D eigenvalue weighted by atomic mass is 32.2. The van der Waals surface area contributed by atoms with Gasteiger partial charge in [-0.1, -0.05) is 18.2 Å². The summed E-state index contributed by atoms with van der Waals surface area (Å²) in [7, 11) is -2.74. The van der Waals surface area contributed by atoms with E-state index in [1.165, 1.54) is 37.1 Å². The van der Waals surface area contributed by atoms with E-state index in [1.54, 1.807) is 24.3 Å². The number of nitrogens with one attached hydrogen (secondary N) is 2. The number of benzene rings is 2. The molecular weight excluding hydrogens is 442 g/mol. The Balaban J connectivity index is 2.07. The van der Waals surface area contributed by atoms with Crippen molar-refractivity contribution >= 4 is 39.3 Å². The number of hydrogen-bond acceptors (Lipinski definition) is 7. The first-order chi connectivity index (χ1) is 14.7. The summed E-state index contributed by atoms with van der Waals surface area (Å²) in [6, 6.07) is 12.1. The first kappa shape index (κ1) is 24.5. The third-order valence-corrected chi connectivity index (χ3v) is 5.69. The molecule has 11 heteroatoms. The number of ether oxygens (including phenoxy) is 2. The second kappa shape index (κ2) is 11.6. The SMILES string of the molecule is COc1ccc(NC(=O)C(CCSC)NC(=O)COc2ccccc2)cc1S(N)(=O)=O. The standard InChI is InChI=1S/C20H25N3O6S2/c1-28-17-9-8-14(12-18(17)31(21,26)27)22-20(25)16(10-11-30-2)23-19(24)13-29-15-6-4-3-5-7-15/h3-9,12,16H,10-11,13H2,1-2H3,(H,22,25)(H,23,24)(H2,21,26,27). The minimum atomic E-state index is -4.06. The van der Waals surface area contributed by atoms with Crippen LogP contribution < -0.4 is 25.2 Å². The Morgan fingerprint density at radius 3 is 2.48 bits per heavy atom. The highest BCUT2D eigenvalue weighted by Gasteiger charge is 2.22. The van der Waals surface area contributed by atoms with Crippen LogP contribution in [0.2, 0.25) is 0 Å². The summed E-state index contributed by atoms with van der Waals surface area (Å²) in [5, 5.41) is 10.5. The molecule has 9 nitrogen and oxygen atoms in total. The predicted octanol–water partition coefficient (Wildman–Crippen LogP) is 1.60. The zero-order chi connectivity index (χ0) is 22.9. The molecule has 0 saturated heterocycles. The van der Waals surface area contributed by atoms with Crippen molar-refractivity contribution in [1.82, 2.24) is 5.32 Å². The van der Waals surface area contributed by atoms with Crippen LogP contribution in [0.15, 0.2) is 53.4 Å². The summed E-state index contributed by atoms with van der Waals surface area (Å²) in [4.78, 5) is 24.8. The van der Waals surface area contributed by atoms with Crippen LogP contribution in [-0.2, 0) is 19.6 Å². The van der Waals surface area contributed by atoms with Crippen molar-refractivity contribution in [3.05, 3.63) is 48.5 Å². The maximum atomic E-state index is 12.8. The fourth-order valence-electron chi connectivity index (χ4n) is 2.61. The van der Waals surface area contributed by atoms with Crippen molar-refractivity contribution in [1.29, 1.82) is 0 Å². The number of para-hydroxylation sites is 1. The summed E-state index contributed by atoms with van der Waals surface area (Å²) < 4.78 is 34.0. The topological polar surface area (TPSA) is 137 Å². The molecule has 168 valence electrons. The van der Waals surface area contributed by atoms with Crippen molar-refractivity contribution in [3.63, 3.8) is 0 Å². The first-order valence-electron chi connectivity index (χ1n) is 9.22. The van der Waals surface area contributed by atoms with Crippen molar-refractivity contribution in [2.75, 3.05) is 31.0 Å². The van der Waals surface area contributed by atoms with Crippen molar-refractivity contribution in [2.24, 2.45) is 5.14 Å². The van der Waals surface area contributed by atoms with Crippen LogP contribution in [0.25, 0.3) is 0 Å². The van der Waals surface area contributed by atoms with E-state index in [1.807, 2.05) is 12.3 Å². The minimum absolute atomic E-state index is 0.0609. The number of methoxy groups -OCH3 is 1. The molecule has 31 heavy (non-hydrogen) atoms. The number of sulfonamides is 1. The molecule has 1 atom stereocenters. The quantitative estimate of drug-likeness (QED) is 0.456. The van der Waals surface area contributed by atoms with Gasteiger partial charge < -0.3 is 20.1 Å². The largest absolute Gasteiger partial charge is 0.495 e.